The molecular formula is C13H14BrN3O3S. The molecule has 0 aliphatic heterocycles. The van der Waals surface area contributed by atoms with Crippen LogP contribution in [-0.4, -0.2) is 51.3 Å². The summed E-state index contributed by atoms with van der Waals surface area (Å²) in [6.07, 6.45) is 0. The molecule has 8 heteroatoms. The summed E-state index contributed by atoms with van der Waals surface area (Å²) in [6, 6.07) is 5.57. The summed E-state index contributed by atoms with van der Waals surface area (Å²) in [4.78, 5) is 28.6. The number of carboxylic acid groups (broad SMARTS) is 1. The first-order valence-corrected chi connectivity index (χ1v) is 7.87. The monoisotopic (exact) mass is 371 g/mol. The Bertz CT molecular complexity index is 699. The molecule has 1 heterocycles. The molecule has 0 bridgehead atoms. The Hall–Kier alpha value is -1.54. The second-order valence-electron chi connectivity index (χ2n) is 4.58. The minimum Gasteiger partial charge on any atom is -0.481 e. The van der Waals surface area contributed by atoms with Crippen LogP contribution in [0.5, 0.6) is 0 Å². The molecule has 1 amide bonds. The molecule has 1 N–H and O–H groups in total. The fraction of sp³-hybridized carbons (Fsp3) is 0.308. The number of aromatic nitrogens is 2. The Morgan fingerprint density at radius 3 is 2.76 bits per heavy atom. The topological polar surface area (TPSA) is 75.4 Å². The lowest BCUT2D eigenvalue weighted by Gasteiger charge is -2.13. The van der Waals surface area contributed by atoms with Gasteiger partial charge >= 0.3 is 5.97 Å². The van der Waals surface area contributed by atoms with Gasteiger partial charge in [0.2, 0.25) is 5.91 Å². The van der Waals surface area contributed by atoms with Gasteiger partial charge in [-0.15, -0.1) is 0 Å². The molecule has 21 heavy (non-hydrogen) atoms. The van der Waals surface area contributed by atoms with E-state index in [-0.39, 0.29) is 18.2 Å². The SMILES string of the molecule is CN(C)C(=O)Cn1c(SCC(=O)O)nc2ccc(Br)cc21. The highest BCUT2D eigenvalue weighted by atomic mass is 79.9. The number of benzene rings is 1. The van der Waals surface area contributed by atoms with Gasteiger partial charge < -0.3 is 14.6 Å². The number of hydrogen-bond acceptors (Lipinski definition) is 4. The number of likely N-dealkylation sites (N-methyl/N-ethyl adjacent to an activating group) is 1. The molecule has 2 rings (SSSR count). The van der Waals surface area contributed by atoms with Crippen LogP contribution >= 0.6 is 27.7 Å². The highest BCUT2D eigenvalue weighted by molar-refractivity contribution is 9.10. The molecule has 0 saturated carbocycles. The van der Waals surface area contributed by atoms with Crippen molar-refractivity contribution in [1.29, 1.82) is 0 Å². The highest BCUT2D eigenvalue weighted by Gasteiger charge is 2.16. The zero-order valence-electron chi connectivity index (χ0n) is 11.5. The zero-order valence-corrected chi connectivity index (χ0v) is 13.9. The predicted octanol–water partition coefficient (Wildman–Crippen LogP) is 2.06. The van der Waals surface area contributed by atoms with Crippen LogP contribution < -0.4 is 0 Å². The summed E-state index contributed by atoms with van der Waals surface area (Å²) in [7, 11) is 3.36. The third-order valence-electron chi connectivity index (χ3n) is 2.79. The molecule has 0 aliphatic rings. The Morgan fingerprint density at radius 1 is 1.43 bits per heavy atom. The average Bonchev–Trinajstić information content (AvgIpc) is 2.74. The van der Waals surface area contributed by atoms with E-state index in [2.05, 4.69) is 20.9 Å². The summed E-state index contributed by atoms with van der Waals surface area (Å²) in [5, 5.41) is 9.34. The molecule has 0 atom stereocenters. The molecule has 1 aromatic heterocycles. The Balaban J connectivity index is 2.45. The summed E-state index contributed by atoms with van der Waals surface area (Å²) in [6.45, 7) is 0.127. The van der Waals surface area contributed by atoms with E-state index in [9.17, 15) is 9.59 Å². The molecule has 0 fully saturated rings. The third-order valence-corrected chi connectivity index (χ3v) is 4.25. The molecule has 0 unspecified atom stereocenters. The predicted molar refractivity (Wildman–Crippen MR) is 84.5 cm³/mol. The summed E-state index contributed by atoms with van der Waals surface area (Å²) in [5.74, 6) is -1.09. The highest BCUT2D eigenvalue weighted by Crippen LogP contribution is 2.26. The number of carbonyl (C=O) groups is 2. The maximum atomic E-state index is 12.0. The van der Waals surface area contributed by atoms with Gasteiger partial charge in [0.1, 0.15) is 6.54 Å². The normalized spacial score (nSPS) is 10.8. The Kier molecular flexibility index (Phi) is 4.89. The lowest BCUT2D eigenvalue weighted by atomic mass is 10.3. The van der Waals surface area contributed by atoms with Crippen molar-refractivity contribution in [3.8, 4) is 0 Å². The summed E-state index contributed by atoms with van der Waals surface area (Å²) >= 11 is 4.50. The number of aliphatic carboxylic acids is 1. The Labute approximate surface area is 134 Å². The summed E-state index contributed by atoms with van der Waals surface area (Å²) in [5.41, 5.74) is 1.53. The van der Waals surface area contributed by atoms with Crippen LogP contribution in [0.3, 0.4) is 0 Å². The standard InChI is InChI=1S/C13H14BrN3O3S/c1-16(2)11(18)6-17-10-5-8(14)3-4-9(10)15-13(17)21-7-12(19)20/h3-5H,6-7H2,1-2H3,(H,19,20). The molecule has 0 aliphatic carbocycles. The number of fused-ring (bicyclic) bond motifs is 1. The molecule has 2 aromatic rings. The number of halogens is 1. The number of rotatable bonds is 5. The van der Waals surface area contributed by atoms with Crippen LogP contribution in [0.4, 0.5) is 0 Å². The first-order chi connectivity index (χ1) is 9.88. The van der Waals surface area contributed by atoms with E-state index in [4.69, 9.17) is 5.11 Å². The van der Waals surface area contributed by atoms with Crippen LogP contribution in [0.2, 0.25) is 0 Å². The van der Waals surface area contributed by atoms with Gasteiger partial charge in [0.15, 0.2) is 5.16 Å². The first-order valence-electron chi connectivity index (χ1n) is 6.09. The van der Waals surface area contributed by atoms with Gasteiger partial charge in [-0.2, -0.15) is 0 Å². The second kappa shape index (κ2) is 6.48. The van der Waals surface area contributed by atoms with Gasteiger partial charge in [0.05, 0.1) is 16.8 Å². The number of carbonyl (C=O) groups excluding carboxylic acids is 1. The second-order valence-corrected chi connectivity index (χ2v) is 6.44. The first kappa shape index (κ1) is 15.8. The third kappa shape index (κ3) is 3.76. The van der Waals surface area contributed by atoms with Crippen molar-refractivity contribution >= 4 is 50.6 Å². The van der Waals surface area contributed by atoms with Crippen molar-refractivity contribution in [3.05, 3.63) is 22.7 Å². The maximum absolute atomic E-state index is 12.0. The van der Waals surface area contributed by atoms with E-state index in [0.29, 0.717) is 5.16 Å². The van der Waals surface area contributed by atoms with Crippen LogP contribution in [0.15, 0.2) is 27.8 Å². The van der Waals surface area contributed by atoms with E-state index >= 15 is 0 Å². The van der Waals surface area contributed by atoms with Gasteiger partial charge in [-0.3, -0.25) is 9.59 Å². The van der Waals surface area contributed by atoms with Gasteiger partial charge in [-0.1, -0.05) is 27.7 Å². The molecule has 6 nitrogen and oxygen atoms in total. The number of nitrogens with zero attached hydrogens (tertiary/aromatic N) is 3. The molecule has 0 spiro atoms. The lowest BCUT2D eigenvalue weighted by Crippen LogP contribution is -2.26. The number of carboxylic acids is 1. The van der Waals surface area contributed by atoms with E-state index in [1.54, 1.807) is 18.7 Å². The smallest absolute Gasteiger partial charge is 0.313 e. The minimum absolute atomic E-state index is 0.0774. The van der Waals surface area contributed by atoms with Gasteiger partial charge in [0.25, 0.3) is 0 Å². The zero-order chi connectivity index (χ0) is 15.6. The maximum Gasteiger partial charge on any atom is 0.313 e. The van der Waals surface area contributed by atoms with Gasteiger partial charge in [-0.25, -0.2) is 4.98 Å². The van der Waals surface area contributed by atoms with Crippen LogP contribution in [-0.2, 0) is 16.1 Å². The van der Waals surface area contributed by atoms with E-state index in [0.717, 1.165) is 27.3 Å². The number of amides is 1. The number of hydrogen-bond donors (Lipinski definition) is 1. The molecule has 112 valence electrons. The number of thioether (sulfide) groups is 1. The number of imidazole rings is 1. The quantitative estimate of drug-likeness (QED) is 0.814. The van der Waals surface area contributed by atoms with Crippen molar-refractivity contribution in [2.75, 3.05) is 19.8 Å². The van der Waals surface area contributed by atoms with Crippen LogP contribution in [0, 0.1) is 0 Å². The average molecular weight is 372 g/mol. The Morgan fingerprint density at radius 2 is 2.14 bits per heavy atom. The van der Waals surface area contributed by atoms with E-state index in [1.165, 1.54) is 4.90 Å². The largest absolute Gasteiger partial charge is 0.481 e. The minimum atomic E-state index is -0.918. The molecule has 1 aromatic carbocycles. The van der Waals surface area contributed by atoms with E-state index < -0.39 is 5.97 Å². The van der Waals surface area contributed by atoms with Gasteiger partial charge in [-0.05, 0) is 18.2 Å². The fourth-order valence-electron chi connectivity index (χ4n) is 1.74. The van der Waals surface area contributed by atoms with E-state index in [1.807, 2.05) is 18.2 Å². The lowest BCUT2D eigenvalue weighted by molar-refractivity contribution is -0.134. The van der Waals surface area contributed by atoms with Crippen LogP contribution in [0.1, 0.15) is 0 Å². The molecule has 0 saturated heterocycles. The van der Waals surface area contributed by atoms with Crippen molar-refractivity contribution in [1.82, 2.24) is 14.5 Å². The van der Waals surface area contributed by atoms with Crippen molar-refractivity contribution in [3.63, 3.8) is 0 Å². The molecular weight excluding hydrogens is 358 g/mol. The fourth-order valence-corrected chi connectivity index (χ4v) is 2.82. The summed E-state index contributed by atoms with van der Waals surface area (Å²) < 4.78 is 2.62. The molecule has 0 radical (unpaired) electrons. The van der Waals surface area contributed by atoms with Gasteiger partial charge in [0, 0.05) is 18.6 Å². The van der Waals surface area contributed by atoms with Crippen LogP contribution in [0.25, 0.3) is 11.0 Å². The van der Waals surface area contributed by atoms with Crippen molar-refractivity contribution < 1.29 is 14.7 Å². The van der Waals surface area contributed by atoms with Crippen molar-refractivity contribution in [2.45, 2.75) is 11.7 Å². The van der Waals surface area contributed by atoms with Crippen molar-refractivity contribution in [2.24, 2.45) is 0 Å².